The smallest absolute Gasteiger partial charge is 0.335 e. The molecule has 0 aliphatic carbocycles. The van der Waals surface area contributed by atoms with Gasteiger partial charge in [-0.1, -0.05) is 13.8 Å². The summed E-state index contributed by atoms with van der Waals surface area (Å²) in [6.07, 6.45) is 2.26. The Labute approximate surface area is 119 Å². The molecule has 0 amide bonds. The van der Waals surface area contributed by atoms with E-state index in [4.69, 9.17) is 5.11 Å². The van der Waals surface area contributed by atoms with Crippen LogP contribution in [0.3, 0.4) is 0 Å². The molecule has 4 heteroatoms. The van der Waals surface area contributed by atoms with Gasteiger partial charge < -0.3 is 10.0 Å². The molecule has 4 nitrogen and oxygen atoms in total. The highest BCUT2D eigenvalue weighted by molar-refractivity contribution is 5.89. The molecule has 0 saturated carbocycles. The van der Waals surface area contributed by atoms with Crippen LogP contribution in [0.5, 0.6) is 0 Å². The zero-order valence-electron chi connectivity index (χ0n) is 12.0. The highest BCUT2D eigenvalue weighted by Crippen LogP contribution is 2.30. The number of aromatic carboxylic acids is 1. The van der Waals surface area contributed by atoms with Crippen molar-refractivity contribution < 1.29 is 9.90 Å². The van der Waals surface area contributed by atoms with Crippen LogP contribution < -0.4 is 4.90 Å². The molecule has 1 heterocycles. The van der Waals surface area contributed by atoms with Crippen LogP contribution in [0.2, 0.25) is 0 Å². The summed E-state index contributed by atoms with van der Waals surface area (Å²) in [6.45, 7) is 6.37. The van der Waals surface area contributed by atoms with Gasteiger partial charge >= 0.3 is 5.97 Å². The molecule has 1 aromatic rings. The lowest BCUT2D eigenvalue weighted by Gasteiger charge is -2.35. The summed E-state index contributed by atoms with van der Waals surface area (Å²) < 4.78 is 0. The number of carboxylic acids is 1. The first-order chi connectivity index (χ1) is 9.52. The predicted octanol–water partition coefficient (Wildman–Crippen LogP) is 3.13. The number of hydrogen-bond acceptors (Lipinski definition) is 3. The molecule has 1 aliphatic heterocycles. The van der Waals surface area contributed by atoms with Gasteiger partial charge in [0.25, 0.3) is 0 Å². The Morgan fingerprint density at radius 3 is 2.55 bits per heavy atom. The number of rotatable bonds is 3. The minimum absolute atomic E-state index is 0.169. The third-order valence-corrected chi connectivity index (χ3v) is 4.19. The number of carboxylic acid groups (broad SMARTS) is 1. The van der Waals surface area contributed by atoms with Gasteiger partial charge in [-0.3, -0.25) is 0 Å². The van der Waals surface area contributed by atoms with Crippen LogP contribution in [-0.4, -0.2) is 24.2 Å². The summed E-state index contributed by atoms with van der Waals surface area (Å²) in [4.78, 5) is 13.1. The summed E-state index contributed by atoms with van der Waals surface area (Å²) in [5.41, 5.74) is 1.48. The molecule has 0 atom stereocenters. The summed E-state index contributed by atoms with van der Waals surface area (Å²) >= 11 is 0. The maximum atomic E-state index is 11.0. The Hall–Kier alpha value is -2.02. The van der Waals surface area contributed by atoms with Crippen molar-refractivity contribution in [3.63, 3.8) is 0 Å². The topological polar surface area (TPSA) is 64.3 Å². The van der Waals surface area contributed by atoms with Gasteiger partial charge in [-0.15, -0.1) is 0 Å². The van der Waals surface area contributed by atoms with Crippen molar-refractivity contribution in [1.82, 2.24) is 0 Å². The van der Waals surface area contributed by atoms with Crippen LogP contribution in [0.15, 0.2) is 18.2 Å². The van der Waals surface area contributed by atoms with E-state index in [1.807, 2.05) is 0 Å². The largest absolute Gasteiger partial charge is 0.478 e. The molecule has 1 N–H and O–H groups in total. The highest BCUT2D eigenvalue weighted by atomic mass is 16.4. The minimum Gasteiger partial charge on any atom is -0.478 e. The Morgan fingerprint density at radius 1 is 1.40 bits per heavy atom. The van der Waals surface area contributed by atoms with Crippen LogP contribution >= 0.6 is 0 Å². The van der Waals surface area contributed by atoms with E-state index in [-0.39, 0.29) is 5.56 Å². The number of piperidine rings is 1. The van der Waals surface area contributed by atoms with E-state index >= 15 is 0 Å². The van der Waals surface area contributed by atoms with Gasteiger partial charge in [0.2, 0.25) is 0 Å². The van der Waals surface area contributed by atoms with Gasteiger partial charge in [-0.2, -0.15) is 5.26 Å². The van der Waals surface area contributed by atoms with Crippen LogP contribution in [0, 0.1) is 23.2 Å². The van der Waals surface area contributed by atoms with E-state index in [2.05, 4.69) is 24.8 Å². The molecule has 0 aromatic heterocycles. The lowest BCUT2D eigenvalue weighted by molar-refractivity contribution is 0.0697. The number of anilines is 1. The van der Waals surface area contributed by atoms with E-state index in [1.165, 1.54) is 6.07 Å². The lowest BCUT2D eigenvalue weighted by Crippen LogP contribution is -2.35. The number of benzene rings is 1. The highest BCUT2D eigenvalue weighted by Gasteiger charge is 2.23. The zero-order chi connectivity index (χ0) is 14.7. The van der Waals surface area contributed by atoms with Gasteiger partial charge in [0.15, 0.2) is 0 Å². The number of carbonyl (C=O) groups is 1. The molecule has 20 heavy (non-hydrogen) atoms. The second-order valence-corrected chi connectivity index (χ2v) is 5.72. The molecule has 0 bridgehead atoms. The fraction of sp³-hybridized carbons (Fsp3) is 0.500. The fourth-order valence-electron chi connectivity index (χ4n) is 2.84. The first kappa shape index (κ1) is 14.4. The zero-order valence-corrected chi connectivity index (χ0v) is 12.0. The van der Waals surface area contributed by atoms with Gasteiger partial charge in [0, 0.05) is 13.1 Å². The summed E-state index contributed by atoms with van der Waals surface area (Å²) in [7, 11) is 0. The van der Waals surface area contributed by atoms with Crippen molar-refractivity contribution >= 4 is 11.7 Å². The standard InChI is InChI=1S/C16H20N2O2/c1-11(2)12-5-7-18(8-6-12)15-4-3-13(16(19)20)9-14(15)10-17/h3-4,9,11-12H,5-8H2,1-2H3,(H,19,20). The van der Waals surface area contributed by atoms with E-state index in [9.17, 15) is 10.1 Å². The fourth-order valence-corrected chi connectivity index (χ4v) is 2.84. The maximum absolute atomic E-state index is 11.0. The first-order valence-electron chi connectivity index (χ1n) is 7.05. The monoisotopic (exact) mass is 272 g/mol. The molecule has 106 valence electrons. The Bertz CT molecular complexity index is 538. The van der Waals surface area contributed by atoms with Crippen LogP contribution in [0.1, 0.15) is 42.6 Å². The van der Waals surface area contributed by atoms with Crippen molar-refractivity contribution in [1.29, 1.82) is 5.26 Å². The molecule has 0 spiro atoms. The van der Waals surface area contributed by atoms with Crippen molar-refractivity contribution in [3.05, 3.63) is 29.3 Å². The maximum Gasteiger partial charge on any atom is 0.335 e. The average molecular weight is 272 g/mol. The quantitative estimate of drug-likeness (QED) is 0.918. The van der Waals surface area contributed by atoms with Crippen molar-refractivity contribution in [3.8, 4) is 6.07 Å². The SMILES string of the molecule is CC(C)C1CCN(c2ccc(C(=O)O)cc2C#N)CC1. The minimum atomic E-state index is -0.994. The number of nitriles is 1. The first-order valence-corrected chi connectivity index (χ1v) is 7.05. The molecule has 0 radical (unpaired) electrons. The van der Waals surface area contributed by atoms with Gasteiger partial charge in [-0.25, -0.2) is 4.79 Å². The second-order valence-electron chi connectivity index (χ2n) is 5.72. The van der Waals surface area contributed by atoms with Crippen LogP contribution in [-0.2, 0) is 0 Å². The lowest BCUT2D eigenvalue weighted by atomic mass is 9.86. The Morgan fingerprint density at radius 2 is 2.05 bits per heavy atom. The molecule has 0 unspecified atom stereocenters. The van der Waals surface area contributed by atoms with Gasteiger partial charge in [0.05, 0.1) is 16.8 Å². The van der Waals surface area contributed by atoms with E-state index < -0.39 is 5.97 Å². The van der Waals surface area contributed by atoms with E-state index in [0.29, 0.717) is 11.5 Å². The number of hydrogen-bond donors (Lipinski definition) is 1. The molecule has 1 fully saturated rings. The summed E-state index contributed by atoms with van der Waals surface area (Å²) in [5, 5.41) is 18.2. The summed E-state index contributed by atoms with van der Waals surface area (Å²) in [6, 6.07) is 6.92. The van der Waals surface area contributed by atoms with Gasteiger partial charge in [-0.05, 0) is 42.9 Å². The molecular weight excluding hydrogens is 252 g/mol. The third kappa shape index (κ3) is 2.93. The Balaban J connectivity index is 2.18. The number of nitrogens with zero attached hydrogens (tertiary/aromatic N) is 2. The van der Waals surface area contributed by atoms with Crippen LogP contribution in [0.25, 0.3) is 0 Å². The average Bonchev–Trinajstić information content (AvgIpc) is 2.46. The van der Waals surface area contributed by atoms with Crippen molar-refractivity contribution in [2.75, 3.05) is 18.0 Å². The van der Waals surface area contributed by atoms with E-state index in [0.717, 1.165) is 37.5 Å². The van der Waals surface area contributed by atoms with Crippen molar-refractivity contribution in [2.45, 2.75) is 26.7 Å². The second kappa shape index (κ2) is 5.96. The third-order valence-electron chi connectivity index (χ3n) is 4.19. The van der Waals surface area contributed by atoms with Crippen molar-refractivity contribution in [2.24, 2.45) is 11.8 Å². The summed E-state index contributed by atoms with van der Waals surface area (Å²) in [5.74, 6) is 0.448. The van der Waals surface area contributed by atoms with Gasteiger partial charge in [0.1, 0.15) is 6.07 Å². The molecule has 1 aliphatic rings. The van der Waals surface area contributed by atoms with Crippen LogP contribution in [0.4, 0.5) is 5.69 Å². The molecule has 2 rings (SSSR count). The molecule has 1 saturated heterocycles. The Kier molecular flexibility index (Phi) is 4.29. The normalized spacial score (nSPS) is 16.2. The predicted molar refractivity (Wildman–Crippen MR) is 77.9 cm³/mol. The molecule has 1 aromatic carbocycles. The molecular formula is C16H20N2O2. The van der Waals surface area contributed by atoms with E-state index in [1.54, 1.807) is 12.1 Å².